The summed E-state index contributed by atoms with van der Waals surface area (Å²) in [4.78, 5) is 4.24. The predicted octanol–water partition coefficient (Wildman–Crippen LogP) is 3.54. The molecule has 1 aliphatic heterocycles. The Hall–Kier alpha value is -3.25. The van der Waals surface area contributed by atoms with Crippen molar-refractivity contribution in [2.24, 2.45) is 0 Å². The second kappa shape index (κ2) is 8.19. The summed E-state index contributed by atoms with van der Waals surface area (Å²) in [6.07, 6.45) is 0.350. The lowest BCUT2D eigenvalue weighted by Gasteiger charge is -2.31. The Labute approximate surface area is 163 Å². The molecule has 0 aliphatic carbocycles. The minimum Gasteiger partial charge on any atom is -0.497 e. The first-order valence-corrected chi connectivity index (χ1v) is 9.01. The van der Waals surface area contributed by atoms with Crippen LogP contribution < -0.4 is 18.9 Å². The van der Waals surface area contributed by atoms with Gasteiger partial charge in [-0.05, 0) is 42.5 Å². The summed E-state index contributed by atoms with van der Waals surface area (Å²) < 4.78 is 22.7. The van der Waals surface area contributed by atoms with Gasteiger partial charge in [-0.15, -0.1) is 0 Å². The van der Waals surface area contributed by atoms with E-state index in [1.165, 1.54) is 0 Å². The third-order valence-electron chi connectivity index (χ3n) is 4.50. The van der Waals surface area contributed by atoms with Crippen molar-refractivity contribution in [1.82, 2.24) is 4.98 Å². The van der Waals surface area contributed by atoms with Crippen molar-refractivity contribution in [3.8, 4) is 23.0 Å². The molecule has 144 valence electrons. The second-order valence-electron chi connectivity index (χ2n) is 6.40. The number of hydrogen-bond acceptors (Lipinski definition) is 6. The lowest BCUT2D eigenvalue weighted by Crippen LogP contribution is -2.35. The van der Waals surface area contributed by atoms with Crippen molar-refractivity contribution in [3.63, 3.8) is 0 Å². The van der Waals surface area contributed by atoms with E-state index in [9.17, 15) is 5.11 Å². The van der Waals surface area contributed by atoms with Crippen LogP contribution in [0, 0.1) is 0 Å². The number of aromatic nitrogens is 1. The number of fused-ring (bicyclic) bond motifs is 1. The number of benzene rings is 2. The van der Waals surface area contributed by atoms with Crippen LogP contribution in [-0.2, 0) is 6.61 Å². The van der Waals surface area contributed by atoms with Crippen LogP contribution in [0.4, 0.5) is 0 Å². The average molecular weight is 379 g/mol. The molecule has 0 fully saturated rings. The zero-order valence-electron chi connectivity index (χ0n) is 15.4. The number of nitrogens with zero attached hydrogens (tertiary/aromatic N) is 1. The standard InChI is InChI=1S/C22H21NO5/c1-25-16-6-4-7-18(11-16)28-21-14-27-20-9-8-17(12-19(20)22(21)24)26-13-15-5-2-3-10-23-15/h2-12,21-22,24H,13-14H2,1H3/t21-,22+/m0/s1. The Bertz CT molecular complexity index is 931. The lowest BCUT2D eigenvalue weighted by molar-refractivity contribution is -0.0105. The first kappa shape index (κ1) is 18.1. The molecular formula is C22H21NO5. The van der Waals surface area contributed by atoms with Crippen LogP contribution in [0.2, 0.25) is 0 Å². The molecule has 1 aliphatic rings. The summed E-state index contributed by atoms with van der Waals surface area (Å²) >= 11 is 0. The fourth-order valence-corrected chi connectivity index (χ4v) is 3.03. The summed E-state index contributed by atoms with van der Waals surface area (Å²) in [6.45, 7) is 0.597. The highest BCUT2D eigenvalue weighted by atomic mass is 16.5. The van der Waals surface area contributed by atoms with Gasteiger partial charge < -0.3 is 24.1 Å². The molecule has 1 aromatic heterocycles. The molecular weight excluding hydrogens is 358 g/mol. The van der Waals surface area contributed by atoms with Gasteiger partial charge in [0.2, 0.25) is 0 Å². The molecule has 0 amide bonds. The molecule has 0 saturated carbocycles. The first-order valence-electron chi connectivity index (χ1n) is 9.01. The molecule has 2 aromatic carbocycles. The molecule has 3 aromatic rings. The average Bonchev–Trinajstić information content (AvgIpc) is 2.75. The molecule has 4 rings (SSSR count). The third-order valence-corrected chi connectivity index (χ3v) is 4.50. The van der Waals surface area contributed by atoms with Crippen LogP contribution in [0.25, 0.3) is 0 Å². The third kappa shape index (κ3) is 4.02. The highest BCUT2D eigenvalue weighted by molar-refractivity contribution is 5.44. The summed E-state index contributed by atoms with van der Waals surface area (Å²) in [5, 5.41) is 10.8. The van der Waals surface area contributed by atoms with E-state index in [-0.39, 0.29) is 6.61 Å². The van der Waals surface area contributed by atoms with Gasteiger partial charge in [-0.3, -0.25) is 4.98 Å². The number of aliphatic hydroxyl groups excluding tert-OH is 1. The van der Waals surface area contributed by atoms with E-state index in [2.05, 4.69) is 4.98 Å². The fourth-order valence-electron chi connectivity index (χ4n) is 3.03. The van der Waals surface area contributed by atoms with Gasteiger partial charge in [0.05, 0.1) is 12.8 Å². The van der Waals surface area contributed by atoms with Crippen LogP contribution in [0.15, 0.2) is 66.9 Å². The summed E-state index contributed by atoms with van der Waals surface area (Å²) in [5.74, 6) is 2.56. The van der Waals surface area contributed by atoms with Gasteiger partial charge in [0, 0.05) is 17.8 Å². The summed E-state index contributed by atoms with van der Waals surface area (Å²) in [6, 6.07) is 18.3. The maximum Gasteiger partial charge on any atom is 0.163 e. The zero-order valence-corrected chi connectivity index (χ0v) is 15.4. The number of rotatable bonds is 6. The van der Waals surface area contributed by atoms with E-state index in [1.807, 2.05) is 42.5 Å². The predicted molar refractivity (Wildman–Crippen MR) is 103 cm³/mol. The van der Waals surface area contributed by atoms with Crippen LogP contribution in [-0.4, -0.2) is 29.9 Å². The van der Waals surface area contributed by atoms with E-state index in [1.54, 1.807) is 31.5 Å². The van der Waals surface area contributed by atoms with Gasteiger partial charge >= 0.3 is 0 Å². The number of ether oxygens (including phenoxy) is 4. The van der Waals surface area contributed by atoms with Crippen molar-refractivity contribution in [3.05, 3.63) is 78.1 Å². The monoisotopic (exact) mass is 379 g/mol. The molecule has 2 heterocycles. The minimum atomic E-state index is -0.839. The van der Waals surface area contributed by atoms with Crippen molar-refractivity contribution in [2.75, 3.05) is 13.7 Å². The van der Waals surface area contributed by atoms with E-state index in [0.717, 1.165) is 5.69 Å². The molecule has 2 atom stereocenters. The molecule has 0 radical (unpaired) electrons. The van der Waals surface area contributed by atoms with E-state index < -0.39 is 12.2 Å². The number of aliphatic hydroxyl groups is 1. The SMILES string of the molecule is COc1cccc(O[C@H]2COc3ccc(OCc4ccccn4)cc3[C@H]2O)c1. The normalized spacial score (nSPS) is 17.9. The summed E-state index contributed by atoms with van der Waals surface area (Å²) in [7, 11) is 1.60. The molecule has 0 spiro atoms. The van der Waals surface area contributed by atoms with Crippen molar-refractivity contribution in [1.29, 1.82) is 0 Å². The molecule has 1 N–H and O–H groups in total. The highest BCUT2D eigenvalue weighted by Crippen LogP contribution is 2.37. The molecule has 6 heteroatoms. The van der Waals surface area contributed by atoms with Crippen LogP contribution in [0.5, 0.6) is 23.0 Å². The number of pyridine rings is 1. The molecule has 28 heavy (non-hydrogen) atoms. The van der Waals surface area contributed by atoms with Crippen molar-refractivity contribution < 1.29 is 24.1 Å². The second-order valence-corrected chi connectivity index (χ2v) is 6.40. The van der Waals surface area contributed by atoms with Crippen molar-refractivity contribution in [2.45, 2.75) is 18.8 Å². The topological polar surface area (TPSA) is 70.0 Å². The Balaban J connectivity index is 1.47. The van der Waals surface area contributed by atoms with E-state index in [4.69, 9.17) is 18.9 Å². The van der Waals surface area contributed by atoms with Gasteiger partial charge in [0.15, 0.2) is 6.10 Å². The quantitative estimate of drug-likeness (QED) is 0.706. The molecule has 0 unspecified atom stereocenters. The summed E-state index contributed by atoms with van der Waals surface area (Å²) in [5.41, 5.74) is 1.47. The Morgan fingerprint density at radius 3 is 2.75 bits per heavy atom. The first-order chi connectivity index (χ1) is 13.7. The zero-order chi connectivity index (χ0) is 19.3. The molecule has 6 nitrogen and oxygen atoms in total. The largest absolute Gasteiger partial charge is 0.497 e. The van der Waals surface area contributed by atoms with Crippen LogP contribution >= 0.6 is 0 Å². The van der Waals surface area contributed by atoms with Gasteiger partial charge in [0.25, 0.3) is 0 Å². The smallest absolute Gasteiger partial charge is 0.163 e. The lowest BCUT2D eigenvalue weighted by atomic mass is 10.0. The maximum atomic E-state index is 10.8. The van der Waals surface area contributed by atoms with E-state index in [0.29, 0.717) is 35.2 Å². The van der Waals surface area contributed by atoms with Crippen molar-refractivity contribution >= 4 is 0 Å². The Morgan fingerprint density at radius 1 is 1.04 bits per heavy atom. The Morgan fingerprint density at radius 2 is 1.93 bits per heavy atom. The fraction of sp³-hybridized carbons (Fsp3) is 0.227. The van der Waals surface area contributed by atoms with Gasteiger partial charge in [-0.1, -0.05) is 12.1 Å². The molecule has 0 saturated heterocycles. The minimum absolute atomic E-state index is 0.250. The maximum absolute atomic E-state index is 10.8. The van der Waals surface area contributed by atoms with Gasteiger partial charge in [-0.25, -0.2) is 0 Å². The van der Waals surface area contributed by atoms with Gasteiger partial charge in [0.1, 0.15) is 42.3 Å². The van der Waals surface area contributed by atoms with Crippen LogP contribution in [0.1, 0.15) is 17.4 Å². The van der Waals surface area contributed by atoms with E-state index >= 15 is 0 Å². The highest BCUT2D eigenvalue weighted by Gasteiger charge is 2.31. The number of methoxy groups -OCH3 is 1. The Kier molecular flexibility index (Phi) is 5.30. The number of hydrogen-bond donors (Lipinski definition) is 1. The van der Waals surface area contributed by atoms with Gasteiger partial charge in [-0.2, -0.15) is 0 Å². The van der Waals surface area contributed by atoms with Crippen LogP contribution in [0.3, 0.4) is 0 Å². The molecule has 0 bridgehead atoms.